The van der Waals surface area contributed by atoms with Crippen molar-refractivity contribution in [3.63, 3.8) is 0 Å². The molecule has 0 aliphatic rings. The number of carbonyl (C=O) groups excluding carboxylic acids is 4. The predicted octanol–water partition coefficient (Wildman–Crippen LogP) is 1.96. The second-order valence-corrected chi connectivity index (χ2v) is 10.0. The van der Waals surface area contributed by atoms with Crippen LogP contribution in [0.2, 0.25) is 0 Å². The molecule has 1 unspecified atom stereocenters. The van der Waals surface area contributed by atoms with Crippen molar-refractivity contribution in [1.82, 2.24) is 10.6 Å². The molecule has 11 nitrogen and oxygen atoms in total. The molecule has 0 aromatic rings. The second kappa shape index (κ2) is 10.2. The molecule has 0 aliphatic heterocycles. The van der Waals surface area contributed by atoms with Crippen LogP contribution in [0.1, 0.15) is 68.7 Å². The van der Waals surface area contributed by atoms with E-state index < -0.39 is 59.1 Å². The van der Waals surface area contributed by atoms with Gasteiger partial charge in [0.1, 0.15) is 22.8 Å². The van der Waals surface area contributed by atoms with Crippen LogP contribution < -0.4 is 16.4 Å². The number of carbonyl (C=O) groups is 4. The average molecular weight is 448 g/mol. The molecule has 0 rings (SSSR count). The first-order valence-electron chi connectivity index (χ1n) is 9.78. The van der Waals surface area contributed by atoms with Crippen molar-refractivity contribution in [3.8, 4) is 0 Å². The fourth-order valence-corrected chi connectivity index (χ4v) is 2.15. The zero-order valence-corrected chi connectivity index (χ0v) is 20.1. The van der Waals surface area contributed by atoms with E-state index in [4.69, 9.17) is 24.7 Å². The highest BCUT2D eigenvalue weighted by atomic mass is 16.6. The summed E-state index contributed by atoms with van der Waals surface area (Å²) in [5.41, 5.74) is 1.28. The van der Waals surface area contributed by atoms with Crippen LogP contribution in [0, 0.1) is 0 Å². The van der Waals surface area contributed by atoms with Crippen LogP contribution in [-0.2, 0) is 28.5 Å². The van der Waals surface area contributed by atoms with E-state index in [1.165, 1.54) is 0 Å². The van der Waals surface area contributed by atoms with E-state index in [-0.39, 0.29) is 0 Å². The Morgan fingerprint density at radius 2 is 1.19 bits per heavy atom. The molecule has 2 amide bonds. The van der Waals surface area contributed by atoms with Crippen molar-refractivity contribution in [2.45, 2.75) is 97.2 Å². The number of hydrogen-bond acceptors (Lipinski definition) is 9. The number of nitrogens with one attached hydrogen (secondary N) is 2. The highest BCUT2D eigenvalue weighted by molar-refractivity contribution is 5.88. The fraction of sp³-hybridized carbons (Fsp3) is 0.800. The van der Waals surface area contributed by atoms with Crippen molar-refractivity contribution in [3.05, 3.63) is 0 Å². The summed E-state index contributed by atoms with van der Waals surface area (Å²) in [6.07, 6.45) is -2.54. The normalized spacial score (nSPS) is 15.1. The van der Waals surface area contributed by atoms with E-state index in [0.717, 1.165) is 7.11 Å². The van der Waals surface area contributed by atoms with Gasteiger partial charge in [0.25, 0.3) is 0 Å². The Kier molecular flexibility index (Phi) is 9.33. The number of methoxy groups -OCH3 is 1. The summed E-state index contributed by atoms with van der Waals surface area (Å²) in [7, 11) is 1.10. The molecule has 0 spiro atoms. The number of hydrogen-bond donors (Lipinski definition) is 3. The molecule has 0 aliphatic carbocycles. The molecule has 2 atom stereocenters. The van der Waals surface area contributed by atoms with Crippen molar-refractivity contribution >= 4 is 24.1 Å². The zero-order valence-electron chi connectivity index (χ0n) is 20.1. The molecule has 180 valence electrons. The second-order valence-electron chi connectivity index (χ2n) is 10.0. The minimum atomic E-state index is -2.23. The van der Waals surface area contributed by atoms with Gasteiger partial charge in [0.2, 0.25) is 0 Å². The summed E-state index contributed by atoms with van der Waals surface area (Å²) in [4.78, 5) is 49.6. The quantitative estimate of drug-likeness (QED) is 0.315. The van der Waals surface area contributed by atoms with Crippen LogP contribution in [0.5, 0.6) is 0 Å². The number of ether oxygens (including phenoxy) is 4. The molecular formula is C20H37N3O8. The first-order valence-corrected chi connectivity index (χ1v) is 9.78. The molecule has 0 fully saturated rings. The van der Waals surface area contributed by atoms with E-state index >= 15 is 0 Å². The van der Waals surface area contributed by atoms with E-state index in [0.29, 0.717) is 0 Å². The lowest BCUT2D eigenvalue weighted by Gasteiger charge is -2.34. The van der Waals surface area contributed by atoms with Gasteiger partial charge in [-0.3, -0.25) is 11.1 Å². The van der Waals surface area contributed by atoms with Crippen molar-refractivity contribution in [2.24, 2.45) is 5.73 Å². The number of nitrogens with two attached hydrogens (primary N) is 1. The fourth-order valence-electron chi connectivity index (χ4n) is 2.15. The lowest BCUT2D eigenvalue weighted by atomic mass is 10.00. The molecule has 0 radical (unpaired) electrons. The van der Waals surface area contributed by atoms with E-state index in [2.05, 4.69) is 10.6 Å². The Balaban J connectivity index is 5.87. The summed E-state index contributed by atoms with van der Waals surface area (Å²) < 4.78 is 20.3. The highest BCUT2D eigenvalue weighted by Crippen LogP contribution is 2.18. The monoisotopic (exact) mass is 447 g/mol. The third-order valence-corrected chi connectivity index (χ3v) is 3.19. The van der Waals surface area contributed by atoms with Crippen molar-refractivity contribution in [1.29, 1.82) is 0 Å². The molecule has 0 bridgehead atoms. The lowest BCUT2D eigenvalue weighted by molar-refractivity contribution is -0.164. The minimum absolute atomic E-state index is 0.590. The average Bonchev–Trinajstić information content (AvgIpc) is 2.47. The molecule has 0 saturated carbocycles. The topological polar surface area (TPSA) is 155 Å². The number of esters is 2. The third kappa shape index (κ3) is 12.0. The van der Waals surface area contributed by atoms with Gasteiger partial charge in [0, 0.05) is 6.42 Å². The highest BCUT2D eigenvalue weighted by Gasteiger charge is 2.45. The smallest absolute Gasteiger partial charge is 0.409 e. The van der Waals surface area contributed by atoms with Crippen LogP contribution in [0.4, 0.5) is 9.59 Å². The third-order valence-electron chi connectivity index (χ3n) is 3.19. The van der Waals surface area contributed by atoms with Crippen LogP contribution in [0.25, 0.3) is 0 Å². The van der Waals surface area contributed by atoms with E-state index in [9.17, 15) is 19.2 Å². The maximum atomic E-state index is 12.8. The van der Waals surface area contributed by atoms with Crippen LogP contribution in [-0.4, -0.2) is 59.7 Å². The first kappa shape index (κ1) is 28.4. The zero-order chi connectivity index (χ0) is 24.8. The van der Waals surface area contributed by atoms with Gasteiger partial charge < -0.3 is 24.3 Å². The van der Waals surface area contributed by atoms with Gasteiger partial charge in [-0.05, 0) is 62.3 Å². The Bertz CT molecular complexity index is 673. The summed E-state index contributed by atoms with van der Waals surface area (Å²) in [6, 6.07) is -1.44. The molecule has 0 heterocycles. The Hall–Kier alpha value is -2.56. The van der Waals surface area contributed by atoms with Gasteiger partial charge >= 0.3 is 24.1 Å². The lowest BCUT2D eigenvalue weighted by Crippen LogP contribution is -2.66. The molecule has 0 aromatic heterocycles. The maximum absolute atomic E-state index is 12.8. The maximum Gasteiger partial charge on any atom is 0.409 e. The van der Waals surface area contributed by atoms with Crippen molar-refractivity contribution in [2.75, 3.05) is 7.11 Å². The number of amides is 2. The molecule has 31 heavy (non-hydrogen) atoms. The van der Waals surface area contributed by atoms with E-state index in [1.54, 1.807) is 62.3 Å². The standard InChI is InChI=1S/C20H37N3O8/c1-17(2,3)29-14(25)20(21,23-16(27)31-19(7,8)9)11-12(13(24)28-10)22-15(26)30-18(4,5)6/h12H,11,21H2,1-10H3,(H,22,26)(H,23,27)/t12?,20-/m0/s1. The summed E-state index contributed by atoms with van der Waals surface area (Å²) >= 11 is 0. The summed E-state index contributed by atoms with van der Waals surface area (Å²) in [5.74, 6) is -1.94. The minimum Gasteiger partial charge on any atom is -0.467 e. The molecule has 11 heteroatoms. The Morgan fingerprint density at radius 1 is 0.774 bits per heavy atom. The van der Waals surface area contributed by atoms with Crippen LogP contribution in [0.3, 0.4) is 0 Å². The first-order chi connectivity index (χ1) is 13.7. The molecule has 0 saturated heterocycles. The van der Waals surface area contributed by atoms with Gasteiger partial charge in [-0.2, -0.15) is 0 Å². The van der Waals surface area contributed by atoms with Gasteiger partial charge in [-0.25, -0.2) is 19.2 Å². The van der Waals surface area contributed by atoms with Crippen molar-refractivity contribution < 1.29 is 38.1 Å². The van der Waals surface area contributed by atoms with Crippen LogP contribution >= 0.6 is 0 Å². The van der Waals surface area contributed by atoms with Gasteiger partial charge in [-0.1, -0.05) is 0 Å². The summed E-state index contributed by atoms with van der Waals surface area (Å²) in [6.45, 7) is 14.6. The number of rotatable bonds is 6. The van der Waals surface area contributed by atoms with E-state index in [1.807, 2.05) is 0 Å². The summed E-state index contributed by atoms with van der Waals surface area (Å²) in [5, 5.41) is 4.55. The Labute approximate surface area is 183 Å². The van der Waals surface area contributed by atoms with Gasteiger partial charge in [0.15, 0.2) is 5.66 Å². The predicted molar refractivity (Wildman–Crippen MR) is 112 cm³/mol. The van der Waals surface area contributed by atoms with Crippen LogP contribution in [0.15, 0.2) is 0 Å². The number of alkyl carbamates (subject to hydrolysis) is 2. The molecule has 0 aromatic carbocycles. The SMILES string of the molecule is COC(=O)C(C[C@](N)(NC(=O)OC(C)(C)C)C(=O)OC(C)(C)C)NC(=O)OC(C)(C)C. The molecule has 4 N–H and O–H groups in total. The Morgan fingerprint density at radius 3 is 1.58 bits per heavy atom. The van der Waals surface area contributed by atoms with Gasteiger partial charge in [-0.15, -0.1) is 0 Å². The molecular weight excluding hydrogens is 410 g/mol. The largest absolute Gasteiger partial charge is 0.467 e. The van der Waals surface area contributed by atoms with Gasteiger partial charge in [0.05, 0.1) is 7.11 Å².